The first-order valence-corrected chi connectivity index (χ1v) is 8.38. The normalized spacial score (nSPS) is 11.6. The van der Waals surface area contributed by atoms with Gasteiger partial charge in [0.15, 0.2) is 0 Å². The molecule has 0 aliphatic rings. The number of aryl methyl sites for hydroxylation is 2. The summed E-state index contributed by atoms with van der Waals surface area (Å²) in [7, 11) is 0. The van der Waals surface area contributed by atoms with Crippen LogP contribution in [0.15, 0.2) is 22.7 Å². The molecular weight excluding hydrogens is 365 g/mol. The molecule has 0 aliphatic heterocycles. The first-order chi connectivity index (χ1) is 11.2. The highest BCUT2D eigenvalue weighted by Crippen LogP contribution is 2.36. The Hall–Kier alpha value is -1.67. The summed E-state index contributed by atoms with van der Waals surface area (Å²) in [4.78, 5) is 11.9. The lowest BCUT2D eigenvalue weighted by molar-refractivity contribution is -0.137. The van der Waals surface area contributed by atoms with E-state index >= 15 is 0 Å². The fourth-order valence-corrected chi connectivity index (χ4v) is 3.17. The lowest BCUT2D eigenvalue weighted by Gasteiger charge is -2.11. The van der Waals surface area contributed by atoms with Gasteiger partial charge >= 0.3 is 6.18 Å². The summed E-state index contributed by atoms with van der Waals surface area (Å²) >= 11 is 6.86. The van der Waals surface area contributed by atoms with Crippen LogP contribution in [-0.4, -0.2) is 16.8 Å². The Labute approximate surface area is 145 Å². The average Bonchev–Trinajstić information content (AvgIpc) is 2.80. The van der Waals surface area contributed by atoms with Gasteiger partial charge in [0, 0.05) is 17.0 Å². The minimum Gasteiger partial charge on any atom is -0.361 e. The lowest BCUT2D eigenvalue weighted by Crippen LogP contribution is -2.15. The van der Waals surface area contributed by atoms with E-state index < -0.39 is 22.7 Å². The van der Waals surface area contributed by atoms with E-state index in [-0.39, 0.29) is 11.4 Å². The zero-order valence-corrected chi connectivity index (χ0v) is 14.4. The fraction of sp³-hybridized carbons (Fsp3) is 0.333. The van der Waals surface area contributed by atoms with Crippen molar-refractivity contribution in [1.29, 1.82) is 0 Å². The van der Waals surface area contributed by atoms with Crippen LogP contribution >= 0.6 is 23.4 Å². The quantitative estimate of drug-likeness (QED) is 0.809. The molecule has 9 heteroatoms. The van der Waals surface area contributed by atoms with Crippen LogP contribution in [-0.2, 0) is 16.7 Å². The lowest BCUT2D eigenvalue weighted by atomic mass is 10.2. The smallest absolute Gasteiger partial charge is 0.361 e. The van der Waals surface area contributed by atoms with Crippen molar-refractivity contribution in [3.05, 3.63) is 45.8 Å². The molecule has 0 saturated carbocycles. The van der Waals surface area contributed by atoms with E-state index in [0.29, 0.717) is 11.5 Å². The molecule has 1 amide bonds. The number of hydrogen-bond acceptors (Lipinski definition) is 4. The number of alkyl halides is 3. The van der Waals surface area contributed by atoms with Gasteiger partial charge in [0.05, 0.1) is 22.0 Å². The van der Waals surface area contributed by atoms with Crippen LogP contribution in [0.3, 0.4) is 0 Å². The highest BCUT2D eigenvalue weighted by atomic mass is 35.5. The second-order valence-corrected chi connectivity index (χ2v) is 6.43. The monoisotopic (exact) mass is 378 g/mol. The van der Waals surface area contributed by atoms with Crippen molar-refractivity contribution in [2.75, 3.05) is 11.1 Å². The van der Waals surface area contributed by atoms with Crippen molar-refractivity contribution in [3.63, 3.8) is 0 Å². The number of anilines is 1. The average molecular weight is 379 g/mol. The van der Waals surface area contributed by atoms with Gasteiger partial charge in [-0.1, -0.05) is 16.8 Å². The van der Waals surface area contributed by atoms with Crippen LogP contribution in [0.1, 0.15) is 22.6 Å². The topological polar surface area (TPSA) is 55.1 Å². The van der Waals surface area contributed by atoms with Crippen molar-refractivity contribution < 1.29 is 22.5 Å². The third-order valence-corrected chi connectivity index (χ3v) is 4.50. The van der Waals surface area contributed by atoms with Gasteiger partial charge in [0.1, 0.15) is 5.76 Å². The number of carbonyl (C=O) groups is 1. The molecule has 1 N–H and O–H groups in total. The van der Waals surface area contributed by atoms with E-state index in [0.717, 1.165) is 23.4 Å². The number of amides is 1. The maximum Gasteiger partial charge on any atom is 0.417 e. The highest BCUT2D eigenvalue weighted by molar-refractivity contribution is 7.99. The molecule has 0 fully saturated rings. The maximum absolute atomic E-state index is 12.8. The first-order valence-electron chi connectivity index (χ1n) is 6.84. The number of halogens is 4. The molecule has 4 nitrogen and oxygen atoms in total. The number of rotatable bonds is 5. The first kappa shape index (κ1) is 18.7. The minimum absolute atomic E-state index is 0.0506. The molecule has 130 valence electrons. The standard InChI is InChI=1S/C15H14ClF3N2O2S/c1-8-11(9(2)23-21-8)6-24-7-14(22)20-10-3-4-13(16)12(5-10)15(17,18)19/h3-5H,6-7H2,1-2H3,(H,20,22). The van der Waals surface area contributed by atoms with Crippen molar-refractivity contribution in [3.8, 4) is 0 Å². The van der Waals surface area contributed by atoms with Gasteiger partial charge in [0.25, 0.3) is 0 Å². The second-order valence-electron chi connectivity index (χ2n) is 5.04. The van der Waals surface area contributed by atoms with Crippen LogP contribution < -0.4 is 5.32 Å². The highest BCUT2D eigenvalue weighted by Gasteiger charge is 2.33. The maximum atomic E-state index is 12.8. The Kier molecular flexibility index (Phi) is 5.82. The Bertz CT molecular complexity index is 727. The summed E-state index contributed by atoms with van der Waals surface area (Å²) in [6, 6.07) is 3.25. The Morgan fingerprint density at radius 3 is 2.67 bits per heavy atom. The van der Waals surface area contributed by atoms with E-state index in [1.54, 1.807) is 13.8 Å². The molecular formula is C15H14ClF3N2O2S. The van der Waals surface area contributed by atoms with Crippen molar-refractivity contribution in [1.82, 2.24) is 5.16 Å². The molecule has 0 aliphatic carbocycles. The molecule has 0 saturated heterocycles. The number of thioether (sulfide) groups is 1. The summed E-state index contributed by atoms with van der Waals surface area (Å²) < 4.78 is 43.4. The second kappa shape index (κ2) is 7.48. The van der Waals surface area contributed by atoms with E-state index in [2.05, 4.69) is 10.5 Å². The fourth-order valence-electron chi connectivity index (χ4n) is 1.97. The van der Waals surface area contributed by atoms with Crippen molar-refractivity contribution in [2.24, 2.45) is 0 Å². The van der Waals surface area contributed by atoms with Gasteiger partial charge in [-0.3, -0.25) is 4.79 Å². The largest absolute Gasteiger partial charge is 0.417 e. The zero-order valence-electron chi connectivity index (χ0n) is 12.8. The van der Waals surface area contributed by atoms with Gasteiger partial charge < -0.3 is 9.84 Å². The van der Waals surface area contributed by atoms with E-state index in [1.165, 1.54) is 17.8 Å². The molecule has 0 atom stereocenters. The van der Waals surface area contributed by atoms with Crippen LogP contribution in [0.25, 0.3) is 0 Å². The van der Waals surface area contributed by atoms with Gasteiger partial charge in [-0.2, -0.15) is 13.2 Å². The number of nitrogens with zero attached hydrogens (tertiary/aromatic N) is 1. The Morgan fingerprint density at radius 2 is 2.08 bits per heavy atom. The third kappa shape index (κ3) is 4.67. The van der Waals surface area contributed by atoms with E-state index in [4.69, 9.17) is 16.1 Å². The summed E-state index contributed by atoms with van der Waals surface area (Å²) in [6.45, 7) is 3.58. The molecule has 0 spiro atoms. The molecule has 1 aromatic carbocycles. The molecule has 1 heterocycles. The summed E-state index contributed by atoms with van der Waals surface area (Å²) in [6.07, 6.45) is -4.57. The number of carbonyl (C=O) groups excluding carboxylic acids is 1. The summed E-state index contributed by atoms with van der Waals surface area (Å²) in [5.41, 5.74) is 0.742. The third-order valence-electron chi connectivity index (χ3n) is 3.22. The zero-order chi connectivity index (χ0) is 17.9. The van der Waals surface area contributed by atoms with Gasteiger partial charge in [-0.25, -0.2) is 0 Å². The molecule has 2 rings (SSSR count). The van der Waals surface area contributed by atoms with E-state index in [1.807, 2.05) is 0 Å². The molecule has 2 aromatic rings. The van der Waals surface area contributed by atoms with Crippen LogP contribution in [0, 0.1) is 13.8 Å². The van der Waals surface area contributed by atoms with Gasteiger partial charge in [-0.15, -0.1) is 11.8 Å². The number of nitrogens with one attached hydrogen (secondary N) is 1. The number of aromatic nitrogens is 1. The predicted molar refractivity (Wildman–Crippen MR) is 87.2 cm³/mol. The SMILES string of the molecule is Cc1noc(C)c1CSCC(=O)Nc1ccc(Cl)c(C(F)(F)F)c1. The predicted octanol–water partition coefficient (Wildman–Crippen LogP) is 4.84. The summed E-state index contributed by atoms with van der Waals surface area (Å²) in [5, 5.41) is 5.84. The number of hydrogen-bond donors (Lipinski definition) is 1. The van der Waals surface area contributed by atoms with Gasteiger partial charge in [0.2, 0.25) is 5.91 Å². The Morgan fingerprint density at radius 1 is 1.38 bits per heavy atom. The molecule has 24 heavy (non-hydrogen) atoms. The molecule has 0 bridgehead atoms. The van der Waals surface area contributed by atoms with E-state index in [9.17, 15) is 18.0 Å². The van der Waals surface area contributed by atoms with Crippen molar-refractivity contribution in [2.45, 2.75) is 25.8 Å². The summed E-state index contributed by atoms with van der Waals surface area (Å²) in [5.74, 6) is 0.909. The van der Waals surface area contributed by atoms with Crippen molar-refractivity contribution >= 4 is 35.0 Å². The van der Waals surface area contributed by atoms with Crippen LogP contribution in [0.4, 0.5) is 18.9 Å². The number of benzene rings is 1. The van der Waals surface area contributed by atoms with Gasteiger partial charge in [-0.05, 0) is 32.0 Å². The Balaban J connectivity index is 1.93. The minimum atomic E-state index is -4.57. The van der Waals surface area contributed by atoms with Crippen LogP contribution in [0.2, 0.25) is 5.02 Å². The molecule has 0 unspecified atom stereocenters. The van der Waals surface area contributed by atoms with Crippen LogP contribution in [0.5, 0.6) is 0 Å². The molecule has 1 aromatic heterocycles. The molecule has 0 radical (unpaired) electrons.